The SMILES string of the molecule is CC(=O)N1CCN(C(=O)C(C)(C)C(=O)Nc2ccccc2C(C)(C)C)CC1. The van der Waals surface area contributed by atoms with E-state index in [4.69, 9.17) is 0 Å². The van der Waals surface area contributed by atoms with Gasteiger partial charge in [-0.15, -0.1) is 0 Å². The number of hydrogen-bond acceptors (Lipinski definition) is 3. The average Bonchev–Trinajstić information content (AvgIpc) is 2.60. The van der Waals surface area contributed by atoms with Gasteiger partial charge >= 0.3 is 0 Å². The van der Waals surface area contributed by atoms with Crippen molar-refractivity contribution in [2.24, 2.45) is 5.41 Å². The van der Waals surface area contributed by atoms with Gasteiger partial charge in [0.1, 0.15) is 5.41 Å². The molecule has 0 radical (unpaired) electrons. The summed E-state index contributed by atoms with van der Waals surface area (Å²) in [5, 5.41) is 2.95. The Morgan fingerprint density at radius 3 is 1.93 bits per heavy atom. The molecule has 3 amide bonds. The molecule has 148 valence electrons. The second-order valence-electron chi connectivity index (χ2n) is 8.67. The van der Waals surface area contributed by atoms with Crippen molar-refractivity contribution in [3.8, 4) is 0 Å². The molecule has 1 heterocycles. The van der Waals surface area contributed by atoms with Crippen molar-refractivity contribution in [1.29, 1.82) is 0 Å². The maximum atomic E-state index is 13.0. The second-order valence-corrected chi connectivity index (χ2v) is 8.67. The van der Waals surface area contributed by atoms with Gasteiger partial charge in [-0.25, -0.2) is 0 Å². The smallest absolute Gasteiger partial charge is 0.239 e. The van der Waals surface area contributed by atoms with Crippen molar-refractivity contribution in [2.75, 3.05) is 31.5 Å². The molecule has 2 rings (SSSR count). The third-order valence-corrected chi connectivity index (χ3v) is 5.10. The largest absolute Gasteiger partial charge is 0.339 e. The van der Waals surface area contributed by atoms with Gasteiger partial charge in [0.25, 0.3) is 0 Å². The molecule has 1 fully saturated rings. The molecule has 1 aliphatic heterocycles. The molecule has 1 N–H and O–H groups in total. The van der Waals surface area contributed by atoms with E-state index in [0.717, 1.165) is 11.3 Å². The van der Waals surface area contributed by atoms with E-state index in [1.54, 1.807) is 23.6 Å². The predicted octanol–water partition coefficient (Wildman–Crippen LogP) is 2.64. The van der Waals surface area contributed by atoms with Gasteiger partial charge < -0.3 is 15.1 Å². The molecule has 0 bridgehead atoms. The van der Waals surface area contributed by atoms with Crippen molar-refractivity contribution in [3.63, 3.8) is 0 Å². The zero-order valence-corrected chi connectivity index (χ0v) is 17.3. The number of piperazine rings is 1. The topological polar surface area (TPSA) is 69.7 Å². The minimum Gasteiger partial charge on any atom is -0.339 e. The van der Waals surface area contributed by atoms with Gasteiger partial charge in [0.2, 0.25) is 17.7 Å². The first-order valence-electron chi connectivity index (χ1n) is 9.40. The van der Waals surface area contributed by atoms with Gasteiger partial charge in [-0.2, -0.15) is 0 Å². The van der Waals surface area contributed by atoms with Crippen molar-refractivity contribution in [3.05, 3.63) is 29.8 Å². The van der Waals surface area contributed by atoms with Gasteiger partial charge in [-0.3, -0.25) is 14.4 Å². The Kier molecular flexibility index (Phi) is 5.97. The fourth-order valence-electron chi connectivity index (χ4n) is 3.24. The number of hydrogen-bond donors (Lipinski definition) is 1. The number of rotatable bonds is 3. The fraction of sp³-hybridized carbons (Fsp3) is 0.571. The monoisotopic (exact) mass is 373 g/mol. The maximum Gasteiger partial charge on any atom is 0.239 e. The van der Waals surface area contributed by atoms with Crippen LogP contribution in [0.25, 0.3) is 0 Å². The van der Waals surface area contributed by atoms with Crippen LogP contribution in [0.15, 0.2) is 24.3 Å². The summed E-state index contributed by atoms with van der Waals surface area (Å²) in [6.07, 6.45) is 0. The Hall–Kier alpha value is -2.37. The van der Waals surface area contributed by atoms with Crippen molar-refractivity contribution in [2.45, 2.75) is 47.0 Å². The Bertz CT molecular complexity index is 726. The summed E-state index contributed by atoms with van der Waals surface area (Å²) in [5.41, 5.74) is 0.443. The lowest BCUT2D eigenvalue weighted by Crippen LogP contribution is -2.55. The van der Waals surface area contributed by atoms with E-state index >= 15 is 0 Å². The van der Waals surface area contributed by atoms with E-state index in [0.29, 0.717) is 26.2 Å². The van der Waals surface area contributed by atoms with Crippen LogP contribution >= 0.6 is 0 Å². The molecular weight excluding hydrogens is 342 g/mol. The summed E-state index contributed by atoms with van der Waals surface area (Å²) in [6.45, 7) is 13.0. The molecule has 0 aromatic heterocycles. The Balaban J connectivity index is 2.12. The van der Waals surface area contributed by atoms with Crippen LogP contribution in [0.1, 0.15) is 47.1 Å². The minimum absolute atomic E-state index is 0.0119. The summed E-state index contributed by atoms with van der Waals surface area (Å²) < 4.78 is 0. The molecule has 1 aromatic rings. The van der Waals surface area contributed by atoms with Crippen LogP contribution in [-0.2, 0) is 19.8 Å². The lowest BCUT2D eigenvalue weighted by molar-refractivity contribution is -0.149. The zero-order chi connectivity index (χ0) is 20.4. The summed E-state index contributed by atoms with van der Waals surface area (Å²) in [6, 6.07) is 7.68. The minimum atomic E-state index is -1.19. The third-order valence-electron chi connectivity index (χ3n) is 5.10. The Morgan fingerprint density at radius 1 is 0.889 bits per heavy atom. The van der Waals surface area contributed by atoms with E-state index in [1.807, 2.05) is 24.3 Å². The van der Waals surface area contributed by atoms with Gasteiger partial charge in [0.15, 0.2) is 0 Å². The van der Waals surface area contributed by atoms with Crippen LogP contribution in [-0.4, -0.2) is 53.7 Å². The van der Waals surface area contributed by atoms with E-state index in [-0.39, 0.29) is 23.1 Å². The first-order chi connectivity index (χ1) is 12.4. The second kappa shape index (κ2) is 7.71. The summed E-state index contributed by atoms with van der Waals surface area (Å²) in [5.74, 6) is -0.521. The zero-order valence-electron chi connectivity index (χ0n) is 17.3. The van der Waals surface area contributed by atoms with Crippen LogP contribution in [0.4, 0.5) is 5.69 Å². The van der Waals surface area contributed by atoms with Gasteiger partial charge in [0.05, 0.1) is 0 Å². The molecule has 27 heavy (non-hydrogen) atoms. The van der Waals surface area contributed by atoms with Crippen LogP contribution < -0.4 is 5.32 Å². The van der Waals surface area contributed by atoms with Crippen LogP contribution in [0.5, 0.6) is 0 Å². The lowest BCUT2D eigenvalue weighted by atomic mass is 9.85. The molecule has 6 heteroatoms. The summed E-state index contributed by atoms with van der Waals surface area (Å²) >= 11 is 0. The average molecular weight is 373 g/mol. The molecule has 0 atom stereocenters. The van der Waals surface area contributed by atoms with Crippen molar-refractivity contribution < 1.29 is 14.4 Å². The molecule has 6 nitrogen and oxygen atoms in total. The summed E-state index contributed by atoms with van der Waals surface area (Å²) in [7, 11) is 0. The maximum absolute atomic E-state index is 13.0. The standard InChI is InChI=1S/C21H31N3O3/c1-15(25)23-11-13-24(14-12-23)19(27)21(5,6)18(26)22-17-10-8-7-9-16(17)20(2,3)4/h7-10H,11-14H2,1-6H3,(H,22,26). The molecule has 0 aliphatic carbocycles. The van der Waals surface area contributed by atoms with E-state index in [9.17, 15) is 14.4 Å². The van der Waals surface area contributed by atoms with Gasteiger partial charge in [-0.05, 0) is 30.9 Å². The molecule has 1 aliphatic rings. The predicted molar refractivity (Wildman–Crippen MR) is 106 cm³/mol. The fourth-order valence-corrected chi connectivity index (χ4v) is 3.24. The molecule has 0 saturated carbocycles. The number of benzene rings is 1. The van der Waals surface area contributed by atoms with E-state index in [1.165, 1.54) is 6.92 Å². The highest BCUT2D eigenvalue weighted by Gasteiger charge is 2.40. The van der Waals surface area contributed by atoms with E-state index < -0.39 is 5.41 Å². The summed E-state index contributed by atoms with van der Waals surface area (Å²) in [4.78, 5) is 40.8. The number of nitrogens with zero attached hydrogens (tertiary/aromatic N) is 2. The lowest BCUT2D eigenvalue weighted by Gasteiger charge is -2.38. The highest BCUT2D eigenvalue weighted by molar-refractivity contribution is 6.10. The highest BCUT2D eigenvalue weighted by atomic mass is 16.2. The van der Waals surface area contributed by atoms with Gasteiger partial charge in [-0.1, -0.05) is 39.0 Å². The molecule has 0 unspecified atom stereocenters. The van der Waals surface area contributed by atoms with Gasteiger partial charge in [0, 0.05) is 38.8 Å². The third kappa shape index (κ3) is 4.67. The molecular formula is C21H31N3O3. The first kappa shape index (κ1) is 20.9. The van der Waals surface area contributed by atoms with E-state index in [2.05, 4.69) is 26.1 Å². The molecule has 1 aromatic carbocycles. The number of para-hydroxylation sites is 1. The number of nitrogens with one attached hydrogen (secondary N) is 1. The van der Waals surface area contributed by atoms with Crippen LogP contribution in [0.3, 0.4) is 0 Å². The first-order valence-corrected chi connectivity index (χ1v) is 9.40. The number of amides is 3. The Labute approximate surface area is 161 Å². The van der Waals surface area contributed by atoms with Crippen molar-refractivity contribution >= 4 is 23.4 Å². The highest BCUT2D eigenvalue weighted by Crippen LogP contribution is 2.31. The number of anilines is 1. The molecule has 1 saturated heterocycles. The van der Waals surface area contributed by atoms with Crippen molar-refractivity contribution in [1.82, 2.24) is 9.80 Å². The van der Waals surface area contributed by atoms with Crippen LogP contribution in [0, 0.1) is 5.41 Å². The normalized spacial score (nSPS) is 15.5. The Morgan fingerprint density at radius 2 is 1.41 bits per heavy atom. The quantitative estimate of drug-likeness (QED) is 0.828. The number of carbonyl (C=O) groups excluding carboxylic acids is 3. The number of carbonyl (C=O) groups is 3. The van der Waals surface area contributed by atoms with Crippen LogP contribution in [0.2, 0.25) is 0 Å². The molecule has 0 spiro atoms.